The number of hydrogen-bond acceptors (Lipinski definition) is 1. The molecule has 0 spiro atoms. The number of rotatable bonds is 1. The summed E-state index contributed by atoms with van der Waals surface area (Å²) < 4.78 is 2.76. The molecule has 0 radical (unpaired) electrons. The summed E-state index contributed by atoms with van der Waals surface area (Å²) in [5.74, 6) is 0. The first-order chi connectivity index (χ1) is 31.0. The topological polar surface area (TPSA) is 8.17 Å². The largest absolute Gasteiger partial charge is 0.375 e. The van der Waals surface area contributed by atoms with Gasteiger partial charge in [0.2, 0.25) is 0 Å². The van der Waals surface area contributed by atoms with Gasteiger partial charge in [0.05, 0.1) is 5.69 Å². The molecule has 0 bridgehead atoms. The van der Waals surface area contributed by atoms with E-state index in [0.717, 1.165) is 0 Å². The summed E-state index contributed by atoms with van der Waals surface area (Å²) in [4.78, 5) is 2.72. The van der Waals surface area contributed by atoms with Crippen molar-refractivity contribution in [3.05, 3.63) is 197 Å². The Balaban J connectivity index is 1.15. The first-order valence-electron chi connectivity index (χ1n) is 23.1. The van der Waals surface area contributed by atoms with E-state index in [1.54, 1.807) is 0 Å². The number of hydrogen-bond donors (Lipinski definition) is 0. The lowest BCUT2D eigenvalue weighted by molar-refractivity contribution is 0.660. The van der Waals surface area contributed by atoms with E-state index >= 15 is 0 Å². The smallest absolute Gasteiger partial charge is 0.333 e. The third-order valence-corrected chi connectivity index (χ3v) is 16.7. The summed E-state index contributed by atoms with van der Waals surface area (Å²) in [6.07, 6.45) is 0. The van der Waals surface area contributed by atoms with E-state index in [4.69, 9.17) is 0 Å². The van der Waals surface area contributed by atoms with E-state index < -0.39 is 0 Å². The van der Waals surface area contributed by atoms with Gasteiger partial charge in [-0.15, -0.1) is 0 Å². The quantitative estimate of drug-likeness (QED) is 0.150. The van der Waals surface area contributed by atoms with Crippen molar-refractivity contribution < 1.29 is 0 Å². The average Bonchev–Trinajstić information content (AvgIpc) is 3.92. The molecule has 0 saturated heterocycles. The van der Waals surface area contributed by atoms with Crippen molar-refractivity contribution in [1.29, 1.82) is 0 Å². The van der Waals surface area contributed by atoms with Crippen LogP contribution in [0.15, 0.2) is 164 Å². The first-order valence-corrected chi connectivity index (χ1v) is 23.1. The molecule has 9 aromatic carbocycles. The van der Waals surface area contributed by atoms with Gasteiger partial charge < -0.3 is 9.38 Å². The first kappa shape index (κ1) is 35.4. The SMILES string of the molecule is CC1(C)c2ccccc2-c2cc(N3c4cc5c(cc4B4c6c(cc7c(c63)-c3ccccc3C7(C)C)-c3cccc6c7cc8ccccc8cc7n4c36)C(C)(C)c3ccccc3-5)ccc21. The van der Waals surface area contributed by atoms with Crippen molar-refractivity contribution in [2.24, 2.45) is 0 Å². The van der Waals surface area contributed by atoms with Gasteiger partial charge in [-0.1, -0.05) is 169 Å². The van der Waals surface area contributed by atoms with Gasteiger partial charge in [0.15, 0.2) is 0 Å². The lowest BCUT2D eigenvalue weighted by Gasteiger charge is -2.43. The standard InChI is InChI=1S/C61H45BN2/c1-59(2)46-23-12-9-18-37(46)42-30-36(26-27-49(42)59)63-54-32-43-38-19-10-13-24-47(38)60(3,4)50(43)33-52(54)62-56-45(31-51-55(58(56)63)41-20-11-14-25-48(41)61(51,5)6)40-22-15-21-39-44-28-34-16-7-8-17-35(34)29-53(44)64(62)57(39)40/h7-33H,1-6H3. The highest BCUT2D eigenvalue weighted by Crippen LogP contribution is 2.59. The third kappa shape index (κ3) is 3.99. The summed E-state index contributed by atoms with van der Waals surface area (Å²) in [6, 6.07) is 63.7. The van der Waals surface area contributed by atoms with Crippen molar-refractivity contribution in [3.8, 4) is 44.5 Å². The molecule has 2 nitrogen and oxygen atoms in total. The lowest BCUT2D eigenvalue weighted by Crippen LogP contribution is -2.57. The monoisotopic (exact) mass is 816 g/mol. The minimum atomic E-state index is -0.198. The van der Waals surface area contributed by atoms with Crippen LogP contribution in [0.3, 0.4) is 0 Å². The Morgan fingerprint density at radius 3 is 1.72 bits per heavy atom. The van der Waals surface area contributed by atoms with E-state index in [1.807, 2.05) is 0 Å². The van der Waals surface area contributed by atoms with Crippen molar-refractivity contribution >= 4 is 67.4 Å². The molecule has 0 N–H and O–H groups in total. The Kier molecular flexibility index (Phi) is 6.27. The van der Waals surface area contributed by atoms with Gasteiger partial charge in [-0.05, 0) is 125 Å². The predicted octanol–water partition coefficient (Wildman–Crippen LogP) is 14.3. The number of aromatic nitrogens is 1. The highest BCUT2D eigenvalue weighted by atomic mass is 15.2. The normalized spacial score (nSPS) is 16.6. The van der Waals surface area contributed by atoms with Gasteiger partial charge in [0, 0.05) is 60.6 Å². The van der Waals surface area contributed by atoms with E-state index in [1.165, 1.54) is 138 Å². The second kappa shape index (κ2) is 11.3. The fourth-order valence-corrected chi connectivity index (χ4v) is 13.7. The van der Waals surface area contributed by atoms with Crippen molar-refractivity contribution in [1.82, 2.24) is 4.48 Å². The molecule has 3 heteroatoms. The second-order valence-electron chi connectivity index (χ2n) is 20.8. The number of anilines is 3. The Labute approximate surface area is 374 Å². The van der Waals surface area contributed by atoms with E-state index in [9.17, 15) is 0 Å². The van der Waals surface area contributed by atoms with E-state index in [0.29, 0.717) is 0 Å². The summed E-state index contributed by atoms with van der Waals surface area (Å²) in [5.41, 5.74) is 27.9. The molecule has 1 aromatic heterocycles. The number of benzene rings is 9. The van der Waals surface area contributed by atoms with Crippen molar-refractivity contribution in [2.45, 2.75) is 57.8 Å². The third-order valence-electron chi connectivity index (χ3n) is 16.7. The zero-order valence-electron chi connectivity index (χ0n) is 37.1. The van der Waals surface area contributed by atoms with Crippen LogP contribution in [0.25, 0.3) is 77.1 Å². The molecule has 0 unspecified atom stereocenters. The summed E-state index contributed by atoms with van der Waals surface area (Å²) >= 11 is 0. The van der Waals surface area contributed by atoms with Gasteiger partial charge in [0.1, 0.15) is 0 Å². The highest BCUT2D eigenvalue weighted by Gasteiger charge is 2.50. The van der Waals surface area contributed by atoms with Crippen LogP contribution in [-0.2, 0) is 16.2 Å². The molecule has 2 aliphatic heterocycles. The van der Waals surface area contributed by atoms with Crippen LogP contribution in [0.1, 0.15) is 74.9 Å². The van der Waals surface area contributed by atoms with Gasteiger partial charge >= 0.3 is 6.85 Å². The van der Waals surface area contributed by atoms with Crippen LogP contribution in [0.5, 0.6) is 0 Å². The molecule has 0 atom stereocenters. The molecule has 3 heterocycles. The Hall–Kier alpha value is -7.10. The average molecular weight is 817 g/mol. The van der Waals surface area contributed by atoms with E-state index in [2.05, 4.69) is 215 Å². The molecule has 15 rings (SSSR count). The minimum absolute atomic E-state index is 0.0626. The zero-order chi connectivity index (χ0) is 42.8. The van der Waals surface area contributed by atoms with Gasteiger partial charge in [-0.2, -0.15) is 0 Å². The van der Waals surface area contributed by atoms with Crippen LogP contribution >= 0.6 is 0 Å². The Morgan fingerprint density at radius 2 is 0.984 bits per heavy atom. The molecule has 0 amide bonds. The van der Waals surface area contributed by atoms with Crippen LogP contribution < -0.4 is 15.8 Å². The van der Waals surface area contributed by atoms with Crippen molar-refractivity contribution in [2.75, 3.05) is 4.90 Å². The minimum Gasteiger partial charge on any atom is -0.375 e. The van der Waals surface area contributed by atoms with Gasteiger partial charge in [-0.3, -0.25) is 0 Å². The molecule has 10 aromatic rings. The van der Waals surface area contributed by atoms with Crippen LogP contribution in [0.4, 0.5) is 17.1 Å². The van der Waals surface area contributed by atoms with E-state index in [-0.39, 0.29) is 23.1 Å². The fourth-order valence-electron chi connectivity index (χ4n) is 13.7. The maximum atomic E-state index is 2.76. The maximum absolute atomic E-state index is 2.76. The molecular weight excluding hydrogens is 771 g/mol. The number of nitrogens with zero attached hydrogens (tertiary/aromatic N) is 2. The van der Waals surface area contributed by atoms with Crippen LogP contribution in [0.2, 0.25) is 0 Å². The predicted molar refractivity (Wildman–Crippen MR) is 270 cm³/mol. The number of fused-ring (bicyclic) bond motifs is 18. The highest BCUT2D eigenvalue weighted by molar-refractivity contribution is 6.90. The molecule has 302 valence electrons. The summed E-state index contributed by atoms with van der Waals surface area (Å²) in [7, 11) is 0. The Morgan fingerprint density at radius 1 is 0.406 bits per heavy atom. The molecule has 64 heavy (non-hydrogen) atoms. The maximum Gasteiger partial charge on any atom is 0.333 e. The molecule has 5 aliphatic rings. The lowest BCUT2D eigenvalue weighted by atomic mass is 9.44. The fraction of sp³-hybridized carbons (Fsp3) is 0.148. The van der Waals surface area contributed by atoms with Crippen LogP contribution in [0, 0.1) is 0 Å². The number of para-hydroxylation sites is 1. The van der Waals surface area contributed by atoms with Crippen molar-refractivity contribution in [3.63, 3.8) is 0 Å². The molecule has 0 saturated carbocycles. The zero-order valence-corrected chi connectivity index (χ0v) is 37.1. The summed E-state index contributed by atoms with van der Waals surface area (Å²) in [5, 5.41) is 5.20. The molecular formula is C61H45BN2. The van der Waals surface area contributed by atoms with Gasteiger partial charge in [0.25, 0.3) is 0 Å². The molecule has 3 aliphatic carbocycles. The summed E-state index contributed by atoms with van der Waals surface area (Å²) in [6.45, 7) is 14.5. The second-order valence-corrected chi connectivity index (χ2v) is 20.8. The Bertz CT molecular complexity index is 3840. The molecule has 0 fully saturated rings. The van der Waals surface area contributed by atoms with Crippen LogP contribution in [-0.4, -0.2) is 11.3 Å². The van der Waals surface area contributed by atoms with Gasteiger partial charge in [-0.25, -0.2) is 0 Å².